The zero-order valence-corrected chi connectivity index (χ0v) is 19.3. The molecule has 7 nitrogen and oxygen atoms in total. The minimum atomic E-state index is -3.57. The summed E-state index contributed by atoms with van der Waals surface area (Å²) in [5.41, 5.74) is 2.06. The van der Waals surface area contributed by atoms with Gasteiger partial charge in [-0.25, -0.2) is 18.1 Å². The number of thiazole rings is 1. The van der Waals surface area contributed by atoms with Crippen molar-refractivity contribution >= 4 is 27.3 Å². The molecule has 0 aliphatic carbocycles. The largest absolute Gasteiger partial charge is 0.345 e. The van der Waals surface area contributed by atoms with Crippen LogP contribution in [0.5, 0.6) is 0 Å². The number of likely N-dealkylation sites (tertiary alicyclic amines) is 1. The second-order valence-corrected chi connectivity index (χ2v) is 10.3. The van der Waals surface area contributed by atoms with Gasteiger partial charge in [0.2, 0.25) is 10.0 Å². The Hall–Kier alpha value is -1.71. The highest BCUT2D eigenvalue weighted by molar-refractivity contribution is 7.89. The molecule has 1 aliphatic rings. The van der Waals surface area contributed by atoms with Crippen molar-refractivity contribution in [3.8, 4) is 10.7 Å². The molecule has 2 aromatic heterocycles. The van der Waals surface area contributed by atoms with E-state index >= 15 is 0 Å². The smallest absolute Gasteiger partial charge is 0.265 e. The Kier molecular flexibility index (Phi) is 6.80. The van der Waals surface area contributed by atoms with Crippen LogP contribution in [0.3, 0.4) is 0 Å². The van der Waals surface area contributed by atoms with E-state index in [4.69, 9.17) is 0 Å². The molecule has 0 radical (unpaired) electrons. The van der Waals surface area contributed by atoms with E-state index in [1.165, 1.54) is 24.2 Å². The normalized spacial score (nSPS) is 15.5. The lowest BCUT2D eigenvalue weighted by Crippen LogP contribution is -2.31. The van der Waals surface area contributed by atoms with E-state index in [1.54, 1.807) is 13.0 Å². The molecule has 1 N–H and O–H groups in total. The Morgan fingerprint density at radius 2 is 1.86 bits per heavy atom. The quantitative estimate of drug-likeness (QED) is 0.748. The van der Waals surface area contributed by atoms with Gasteiger partial charge in [-0.1, -0.05) is 19.8 Å². The average molecular weight is 439 g/mol. The fraction of sp³-hybridized carbons (Fsp3) is 0.600. The summed E-state index contributed by atoms with van der Waals surface area (Å²) in [6.07, 6.45) is 5.15. The minimum Gasteiger partial charge on any atom is -0.345 e. The number of sulfonamides is 1. The van der Waals surface area contributed by atoms with Gasteiger partial charge in [-0.15, -0.1) is 11.3 Å². The molecular formula is C20H30N4O3S2. The molecule has 0 aromatic carbocycles. The van der Waals surface area contributed by atoms with Gasteiger partial charge in [-0.05, 0) is 39.2 Å². The van der Waals surface area contributed by atoms with Gasteiger partial charge in [-0.2, -0.15) is 0 Å². The molecule has 3 rings (SSSR count). The Morgan fingerprint density at radius 3 is 2.48 bits per heavy atom. The minimum absolute atomic E-state index is 0.0385. The monoisotopic (exact) mass is 438 g/mol. The van der Waals surface area contributed by atoms with Gasteiger partial charge in [0.15, 0.2) is 0 Å². The van der Waals surface area contributed by atoms with Crippen molar-refractivity contribution in [2.24, 2.45) is 7.05 Å². The Morgan fingerprint density at radius 1 is 1.21 bits per heavy atom. The molecule has 9 heteroatoms. The molecule has 1 fully saturated rings. The fourth-order valence-electron chi connectivity index (χ4n) is 3.58. The molecule has 0 bridgehead atoms. The maximum absolute atomic E-state index is 13.0. The van der Waals surface area contributed by atoms with Crippen LogP contribution in [0.1, 0.15) is 60.1 Å². The number of carbonyl (C=O) groups excluding carboxylic acids is 1. The number of aromatic nitrogens is 2. The number of nitrogens with zero attached hydrogens (tertiary/aromatic N) is 3. The lowest BCUT2D eigenvalue weighted by Gasteiger charge is -2.19. The zero-order chi connectivity index (χ0) is 21.2. The maximum Gasteiger partial charge on any atom is 0.265 e. The molecule has 1 saturated heterocycles. The van der Waals surface area contributed by atoms with Crippen LogP contribution < -0.4 is 4.72 Å². The summed E-state index contributed by atoms with van der Waals surface area (Å²) in [4.78, 5) is 20.5. The number of hydrogen-bond acceptors (Lipinski definition) is 5. The van der Waals surface area contributed by atoms with Gasteiger partial charge in [0.1, 0.15) is 14.8 Å². The number of nitrogens with one attached hydrogen (secondary N) is 1. The van der Waals surface area contributed by atoms with Gasteiger partial charge in [-0.3, -0.25) is 4.79 Å². The molecule has 1 aliphatic heterocycles. The van der Waals surface area contributed by atoms with Crippen molar-refractivity contribution in [3.05, 3.63) is 22.3 Å². The zero-order valence-electron chi connectivity index (χ0n) is 17.6. The molecule has 160 valence electrons. The highest BCUT2D eigenvalue weighted by Gasteiger charge is 2.26. The van der Waals surface area contributed by atoms with Gasteiger partial charge >= 0.3 is 0 Å². The van der Waals surface area contributed by atoms with Gasteiger partial charge < -0.3 is 9.47 Å². The van der Waals surface area contributed by atoms with E-state index in [2.05, 4.69) is 9.71 Å². The van der Waals surface area contributed by atoms with E-state index in [0.29, 0.717) is 33.5 Å². The summed E-state index contributed by atoms with van der Waals surface area (Å²) < 4.78 is 29.7. The number of carbonyl (C=O) groups is 1. The van der Waals surface area contributed by atoms with Crippen LogP contribution in [0.25, 0.3) is 10.7 Å². The number of amides is 1. The first-order chi connectivity index (χ1) is 13.8. The van der Waals surface area contributed by atoms with E-state index in [1.807, 2.05) is 30.4 Å². The summed E-state index contributed by atoms with van der Waals surface area (Å²) in [6.45, 7) is 7.54. The number of aryl methyl sites for hydroxylation is 1. The lowest BCUT2D eigenvalue weighted by atomic mass is 10.2. The van der Waals surface area contributed by atoms with E-state index in [-0.39, 0.29) is 10.8 Å². The Balaban J connectivity index is 1.93. The van der Waals surface area contributed by atoms with Crippen molar-refractivity contribution in [2.45, 2.75) is 57.8 Å². The first-order valence-electron chi connectivity index (χ1n) is 10.2. The SMILES string of the molecule is CCCNS(=O)(=O)c1cc(-c2nc(C)c(C(=O)N3CCCCCC3)s2)n(C)c1C. The summed E-state index contributed by atoms with van der Waals surface area (Å²) in [5.74, 6) is 0.0385. The molecule has 3 heterocycles. The fourth-order valence-corrected chi connectivity index (χ4v) is 6.09. The molecule has 0 unspecified atom stereocenters. The van der Waals surface area contributed by atoms with Crippen LogP contribution in [0.4, 0.5) is 0 Å². The van der Waals surface area contributed by atoms with Crippen molar-refractivity contribution in [3.63, 3.8) is 0 Å². The summed E-state index contributed by atoms with van der Waals surface area (Å²) in [5, 5.41) is 0.670. The third-order valence-corrected chi connectivity index (χ3v) is 8.17. The van der Waals surface area contributed by atoms with E-state index in [9.17, 15) is 13.2 Å². The predicted molar refractivity (Wildman–Crippen MR) is 116 cm³/mol. The van der Waals surface area contributed by atoms with Crippen LogP contribution in [0.15, 0.2) is 11.0 Å². The average Bonchev–Trinajstić information content (AvgIpc) is 3.07. The van der Waals surface area contributed by atoms with Crippen LogP contribution in [-0.2, 0) is 17.1 Å². The topological polar surface area (TPSA) is 84.3 Å². The first-order valence-corrected chi connectivity index (χ1v) is 12.5. The second-order valence-electron chi connectivity index (χ2n) is 7.58. The highest BCUT2D eigenvalue weighted by atomic mass is 32.2. The third-order valence-electron chi connectivity index (χ3n) is 5.42. The molecule has 0 spiro atoms. The third kappa shape index (κ3) is 4.57. The standard InChI is InChI=1S/C20H30N4O3S2/c1-5-10-21-29(26,27)17-13-16(23(4)15(17)3)19-22-14(2)18(28-19)20(25)24-11-8-6-7-9-12-24/h13,21H,5-12H2,1-4H3. The van der Waals surface area contributed by atoms with Crippen molar-refractivity contribution in [2.75, 3.05) is 19.6 Å². The van der Waals surface area contributed by atoms with Gasteiger partial charge in [0, 0.05) is 32.4 Å². The first kappa shape index (κ1) is 22.0. The molecular weight excluding hydrogens is 408 g/mol. The molecule has 29 heavy (non-hydrogen) atoms. The lowest BCUT2D eigenvalue weighted by molar-refractivity contribution is 0.0765. The molecule has 0 atom stereocenters. The van der Waals surface area contributed by atoms with Crippen molar-refractivity contribution in [1.29, 1.82) is 0 Å². The predicted octanol–water partition coefficient (Wildman–Crippen LogP) is 3.47. The van der Waals surface area contributed by atoms with E-state index < -0.39 is 10.0 Å². The van der Waals surface area contributed by atoms with Crippen LogP contribution in [0.2, 0.25) is 0 Å². The molecule has 1 amide bonds. The molecule has 2 aromatic rings. The Labute approximate surface area is 177 Å². The van der Waals surface area contributed by atoms with Crippen LogP contribution in [0, 0.1) is 13.8 Å². The van der Waals surface area contributed by atoms with Crippen molar-refractivity contribution < 1.29 is 13.2 Å². The van der Waals surface area contributed by atoms with Gasteiger partial charge in [0.05, 0.1) is 11.4 Å². The second kappa shape index (κ2) is 8.97. The summed E-state index contributed by atoms with van der Waals surface area (Å²) in [6, 6.07) is 1.66. The van der Waals surface area contributed by atoms with E-state index in [0.717, 1.165) is 32.4 Å². The van der Waals surface area contributed by atoms with Crippen LogP contribution >= 0.6 is 11.3 Å². The maximum atomic E-state index is 13.0. The number of rotatable bonds is 6. The van der Waals surface area contributed by atoms with Gasteiger partial charge in [0.25, 0.3) is 5.91 Å². The molecule has 0 saturated carbocycles. The summed E-state index contributed by atoms with van der Waals surface area (Å²) >= 11 is 1.35. The number of hydrogen-bond donors (Lipinski definition) is 1. The van der Waals surface area contributed by atoms with Crippen LogP contribution in [-0.4, -0.2) is 48.4 Å². The van der Waals surface area contributed by atoms with Crippen molar-refractivity contribution in [1.82, 2.24) is 19.2 Å². The summed E-state index contributed by atoms with van der Waals surface area (Å²) in [7, 11) is -1.74. The highest BCUT2D eigenvalue weighted by Crippen LogP contribution is 2.33. The Bertz CT molecular complexity index is 984.